The SMILES string of the molecule is CCCN(CCO)CCCNS(=O)(=O)c1cc(Nc2nc(Nc3ccccc3)nc(N3CCOCC3)n2)ccc1/C=C/c1ccc(Nc2nc(Nc3ccccc3)nc(N3CCOCC3)n2)cc1S(=O)(=O)NCCCN(CCO)CCO. The molecule has 27 heteroatoms. The van der Waals surface area contributed by atoms with Crippen LogP contribution >= 0.6 is 0 Å². The predicted octanol–water partition coefficient (Wildman–Crippen LogP) is 4.20. The number of hydrogen-bond donors (Lipinski definition) is 9. The van der Waals surface area contributed by atoms with Gasteiger partial charge in [0.05, 0.1) is 56.0 Å². The fourth-order valence-electron chi connectivity index (χ4n) is 9.05. The maximum atomic E-state index is 14.6. The molecule has 0 saturated carbocycles. The Morgan fingerprint density at radius 3 is 1.22 bits per heavy atom. The number of ether oxygens (including phenoxy) is 2. The summed E-state index contributed by atoms with van der Waals surface area (Å²) in [4.78, 5) is 35.8. The van der Waals surface area contributed by atoms with Crippen LogP contribution in [-0.4, -0.2) is 197 Å². The Morgan fingerprint density at radius 1 is 0.488 bits per heavy atom. The Kier molecular flexibility index (Phi) is 23.0. The molecular formula is C55H74N16O9S2. The van der Waals surface area contributed by atoms with E-state index in [4.69, 9.17) is 29.4 Å². The van der Waals surface area contributed by atoms with E-state index < -0.39 is 20.0 Å². The Hall–Kier alpha value is -7.02. The highest BCUT2D eigenvalue weighted by atomic mass is 32.2. The first-order chi connectivity index (χ1) is 39.9. The van der Waals surface area contributed by atoms with Gasteiger partial charge >= 0.3 is 0 Å². The number of aliphatic hydroxyl groups excluding tert-OH is 3. The molecule has 9 N–H and O–H groups in total. The topological polar surface area (TPSA) is 310 Å². The van der Waals surface area contributed by atoms with Crippen LogP contribution in [0.1, 0.15) is 37.3 Å². The minimum absolute atomic E-state index is 0.0167. The van der Waals surface area contributed by atoms with Crippen molar-refractivity contribution in [2.45, 2.75) is 36.0 Å². The molecule has 0 atom stereocenters. The maximum absolute atomic E-state index is 14.6. The molecular weight excluding hydrogens is 1090 g/mol. The van der Waals surface area contributed by atoms with Crippen LogP contribution in [0.2, 0.25) is 0 Å². The van der Waals surface area contributed by atoms with Crippen molar-refractivity contribution in [3.05, 3.63) is 108 Å². The summed E-state index contributed by atoms with van der Waals surface area (Å²) in [5.74, 6) is 1.60. The molecule has 2 aromatic heterocycles. The van der Waals surface area contributed by atoms with E-state index in [9.17, 15) is 32.2 Å². The summed E-state index contributed by atoms with van der Waals surface area (Å²) in [5, 5.41) is 41.7. The number of benzene rings is 4. The van der Waals surface area contributed by atoms with Gasteiger partial charge in [0.25, 0.3) is 0 Å². The van der Waals surface area contributed by atoms with E-state index in [1.54, 1.807) is 36.4 Å². The smallest absolute Gasteiger partial charge is 0.241 e. The zero-order valence-electron chi connectivity index (χ0n) is 46.0. The highest BCUT2D eigenvalue weighted by molar-refractivity contribution is 7.89. The average molecular weight is 1170 g/mol. The summed E-state index contributed by atoms with van der Waals surface area (Å²) in [7, 11) is -8.55. The summed E-state index contributed by atoms with van der Waals surface area (Å²) in [6.07, 6.45) is 4.80. The normalized spacial score (nSPS) is 14.2. The minimum atomic E-state index is -4.29. The predicted molar refractivity (Wildman–Crippen MR) is 318 cm³/mol. The van der Waals surface area contributed by atoms with Crippen molar-refractivity contribution in [2.75, 3.05) is 156 Å². The van der Waals surface area contributed by atoms with Crippen molar-refractivity contribution in [2.24, 2.45) is 0 Å². The molecule has 2 saturated heterocycles. The Labute approximate surface area is 479 Å². The van der Waals surface area contributed by atoms with Gasteiger partial charge < -0.3 is 60.8 Å². The number of rotatable bonds is 32. The van der Waals surface area contributed by atoms with Crippen molar-refractivity contribution in [1.29, 1.82) is 0 Å². The largest absolute Gasteiger partial charge is 0.395 e. The third-order valence-electron chi connectivity index (χ3n) is 13.1. The van der Waals surface area contributed by atoms with Gasteiger partial charge in [-0.3, -0.25) is 4.90 Å². The Bertz CT molecular complexity index is 2990. The van der Waals surface area contributed by atoms with Crippen molar-refractivity contribution >= 4 is 90.6 Å². The Balaban J connectivity index is 1.14. The second-order valence-corrected chi connectivity index (χ2v) is 22.7. The van der Waals surface area contributed by atoms with Crippen LogP contribution in [0, 0.1) is 0 Å². The van der Waals surface area contributed by atoms with Gasteiger partial charge in [0, 0.05) is 81.7 Å². The van der Waals surface area contributed by atoms with Crippen molar-refractivity contribution < 1.29 is 41.6 Å². The van der Waals surface area contributed by atoms with E-state index in [0.29, 0.717) is 121 Å². The second-order valence-electron chi connectivity index (χ2n) is 19.2. The number of aromatic nitrogens is 6. The minimum Gasteiger partial charge on any atom is -0.395 e. The van der Waals surface area contributed by atoms with E-state index in [1.165, 1.54) is 12.1 Å². The quantitative estimate of drug-likeness (QED) is 0.0211. The Morgan fingerprint density at radius 2 is 0.854 bits per heavy atom. The van der Waals surface area contributed by atoms with Crippen molar-refractivity contribution in [3.63, 3.8) is 0 Å². The standard InChI is InChI=1S/C55H74N16O9S2/c1-2-23-68(26-33-72)24-9-21-56-81(75,76)48-40-46(60-52-62-50(58-44-11-5-3-6-12-44)64-54(66-52)70-29-36-79-37-30-70)19-17-42(48)15-16-43-18-20-47(41-49(43)82(77,78)57-22-10-25-69(27-34-73)28-35-74)61-53-63-51(59-45-13-7-4-8-14-45)65-55(67-53)71-31-38-80-39-32-71/h3-8,11-20,40-41,56-57,72-74H,2,9-10,21-39H2,1H3,(H2,58,60,62,64,66)(H2,59,61,63,65,67)/b16-15+. The van der Waals surface area contributed by atoms with Crippen LogP contribution in [0.3, 0.4) is 0 Å². The van der Waals surface area contributed by atoms with Crippen LogP contribution in [0.4, 0.5) is 58.4 Å². The summed E-state index contributed by atoms with van der Waals surface area (Å²) >= 11 is 0. The second kappa shape index (κ2) is 30.9. The molecule has 6 aromatic rings. The summed E-state index contributed by atoms with van der Waals surface area (Å²) in [6, 6.07) is 28.4. The van der Waals surface area contributed by atoms with E-state index in [1.807, 2.05) is 82.3 Å². The number of morpholine rings is 2. The molecule has 82 heavy (non-hydrogen) atoms. The van der Waals surface area contributed by atoms with Gasteiger partial charge in [0.1, 0.15) is 0 Å². The van der Waals surface area contributed by atoms with Gasteiger partial charge in [0.2, 0.25) is 55.7 Å². The average Bonchev–Trinajstić information content (AvgIpc) is 3.63. The van der Waals surface area contributed by atoms with Gasteiger partial charge in [-0.1, -0.05) is 67.6 Å². The highest BCUT2D eigenvalue weighted by Gasteiger charge is 2.24. The first kappa shape index (κ1) is 61.1. The number of aliphatic hydroxyl groups is 3. The monoisotopic (exact) mass is 1170 g/mol. The van der Waals surface area contributed by atoms with E-state index >= 15 is 0 Å². The summed E-state index contributed by atoms with van der Waals surface area (Å²) < 4.78 is 74.9. The summed E-state index contributed by atoms with van der Waals surface area (Å²) in [6.45, 7) is 8.88. The molecule has 0 amide bonds. The van der Waals surface area contributed by atoms with E-state index in [2.05, 4.69) is 45.6 Å². The zero-order chi connectivity index (χ0) is 57.6. The van der Waals surface area contributed by atoms with Crippen molar-refractivity contribution in [1.82, 2.24) is 49.1 Å². The molecule has 4 heterocycles. The first-order valence-electron chi connectivity index (χ1n) is 27.5. The zero-order valence-corrected chi connectivity index (χ0v) is 47.7. The maximum Gasteiger partial charge on any atom is 0.241 e. The molecule has 0 radical (unpaired) electrons. The molecule has 0 unspecified atom stereocenters. The number of nitrogens with one attached hydrogen (secondary N) is 6. The molecule has 8 rings (SSSR count). The van der Waals surface area contributed by atoms with Gasteiger partial charge in [-0.05, 0) is 98.6 Å². The molecule has 2 fully saturated rings. The molecule has 2 aliphatic rings. The van der Waals surface area contributed by atoms with Crippen LogP contribution < -0.4 is 40.5 Å². The first-order valence-corrected chi connectivity index (χ1v) is 30.5. The fourth-order valence-corrected chi connectivity index (χ4v) is 11.6. The molecule has 0 bridgehead atoms. The van der Waals surface area contributed by atoms with Crippen LogP contribution in [0.5, 0.6) is 0 Å². The lowest BCUT2D eigenvalue weighted by atomic mass is 10.1. The van der Waals surface area contributed by atoms with Gasteiger partial charge in [-0.15, -0.1) is 0 Å². The molecule has 25 nitrogen and oxygen atoms in total. The molecule has 0 aliphatic carbocycles. The lowest BCUT2D eigenvalue weighted by molar-refractivity contribution is 0.122. The van der Waals surface area contributed by atoms with Gasteiger partial charge in [0.15, 0.2) is 0 Å². The van der Waals surface area contributed by atoms with Crippen LogP contribution in [-0.2, 0) is 29.5 Å². The van der Waals surface area contributed by atoms with E-state index in [0.717, 1.165) is 24.3 Å². The molecule has 4 aromatic carbocycles. The number of para-hydroxylation sites is 2. The van der Waals surface area contributed by atoms with Crippen LogP contribution in [0.15, 0.2) is 107 Å². The number of anilines is 10. The molecule has 0 spiro atoms. The van der Waals surface area contributed by atoms with Gasteiger partial charge in [-0.2, -0.15) is 29.9 Å². The number of sulfonamides is 2. The molecule has 2 aliphatic heterocycles. The fraction of sp³-hybridized carbons (Fsp3) is 0.418. The lowest BCUT2D eigenvalue weighted by Gasteiger charge is -2.27. The van der Waals surface area contributed by atoms with Crippen molar-refractivity contribution in [3.8, 4) is 0 Å². The summed E-state index contributed by atoms with van der Waals surface area (Å²) in [5.41, 5.74) is 2.64. The highest BCUT2D eigenvalue weighted by Crippen LogP contribution is 2.30. The molecule has 440 valence electrons. The van der Waals surface area contributed by atoms with Gasteiger partial charge in [-0.25, -0.2) is 26.3 Å². The number of hydrogen-bond acceptors (Lipinski definition) is 23. The third-order valence-corrected chi connectivity index (χ3v) is 16.2. The van der Waals surface area contributed by atoms with E-state index in [-0.39, 0.29) is 77.6 Å². The third kappa shape index (κ3) is 18.2. The number of nitrogens with zero attached hydrogens (tertiary/aromatic N) is 10. The lowest BCUT2D eigenvalue weighted by Crippen LogP contribution is -2.37. The van der Waals surface area contributed by atoms with Crippen LogP contribution in [0.25, 0.3) is 12.2 Å².